The Balaban J connectivity index is 1.94. The first kappa shape index (κ1) is 14.8. The molecule has 110 valence electrons. The van der Waals surface area contributed by atoms with Crippen LogP contribution in [0.1, 0.15) is 12.0 Å². The maximum absolute atomic E-state index is 11.0. The Bertz CT molecular complexity index is 447. The van der Waals surface area contributed by atoms with E-state index in [4.69, 9.17) is 16.2 Å². The van der Waals surface area contributed by atoms with E-state index in [2.05, 4.69) is 17.0 Å². The highest BCUT2D eigenvalue weighted by Crippen LogP contribution is 2.21. The van der Waals surface area contributed by atoms with E-state index in [-0.39, 0.29) is 11.9 Å². The second-order valence-corrected chi connectivity index (χ2v) is 5.57. The van der Waals surface area contributed by atoms with E-state index in [1.807, 2.05) is 12.1 Å². The van der Waals surface area contributed by atoms with Gasteiger partial charge < -0.3 is 16.2 Å². The van der Waals surface area contributed by atoms with E-state index < -0.39 is 0 Å². The zero-order chi connectivity index (χ0) is 14.5. The van der Waals surface area contributed by atoms with Crippen molar-refractivity contribution in [2.24, 2.45) is 17.4 Å². The van der Waals surface area contributed by atoms with Gasteiger partial charge in [0.15, 0.2) is 0 Å². The number of hydrogen-bond acceptors (Lipinski definition) is 4. The van der Waals surface area contributed by atoms with Gasteiger partial charge in [-0.1, -0.05) is 12.1 Å². The fourth-order valence-electron chi connectivity index (χ4n) is 2.94. The minimum atomic E-state index is -0.290. The van der Waals surface area contributed by atoms with Crippen LogP contribution in [0.25, 0.3) is 0 Å². The predicted octanol–water partition coefficient (Wildman–Crippen LogP) is 0.372. The number of methoxy groups -OCH3 is 1. The van der Waals surface area contributed by atoms with Crippen LogP contribution in [0.2, 0.25) is 0 Å². The van der Waals surface area contributed by atoms with E-state index in [0.717, 1.165) is 31.7 Å². The molecule has 20 heavy (non-hydrogen) atoms. The second-order valence-electron chi connectivity index (χ2n) is 5.57. The Morgan fingerprint density at radius 2 is 2.05 bits per heavy atom. The Morgan fingerprint density at radius 1 is 1.35 bits per heavy atom. The normalized spacial score (nSPS) is 23.5. The molecule has 0 radical (unpaired) electrons. The highest BCUT2D eigenvalue weighted by Gasteiger charge is 2.25. The number of primary amides is 1. The van der Waals surface area contributed by atoms with Crippen LogP contribution in [-0.4, -0.2) is 43.6 Å². The number of ether oxygens (including phenoxy) is 1. The molecule has 5 heteroatoms. The molecule has 1 amide bonds. The number of nitrogens with two attached hydrogens (primary N) is 2. The predicted molar refractivity (Wildman–Crippen MR) is 78.4 cm³/mol. The number of carbonyl (C=O) groups excluding carboxylic acids is 1. The second kappa shape index (κ2) is 6.72. The molecule has 1 aromatic rings. The maximum atomic E-state index is 11.0. The summed E-state index contributed by atoms with van der Waals surface area (Å²) in [5.74, 6) is 1.04. The zero-order valence-corrected chi connectivity index (χ0v) is 11.9. The topological polar surface area (TPSA) is 81.6 Å². The number of nitrogens with zero attached hydrogens (tertiary/aromatic N) is 1. The van der Waals surface area contributed by atoms with Crippen LogP contribution in [0.3, 0.4) is 0 Å². The van der Waals surface area contributed by atoms with Crippen molar-refractivity contribution in [1.29, 1.82) is 0 Å². The molecule has 0 saturated carbocycles. The van der Waals surface area contributed by atoms with Gasteiger partial charge in [0.25, 0.3) is 0 Å². The van der Waals surface area contributed by atoms with Crippen molar-refractivity contribution in [3.63, 3.8) is 0 Å². The molecule has 0 aromatic heterocycles. The van der Waals surface area contributed by atoms with Crippen molar-refractivity contribution in [2.75, 3.05) is 26.7 Å². The molecule has 1 saturated heterocycles. The van der Waals surface area contributed by atoms with Crippen molar-refractivity contribution in [3.05, 3.63) is 29.8 Å². The monoisotopic (exact) mass is 277 g/mol. The average molecular weight is 277 g/mol. The van der Waals surface area contributed by atoms with Crippen LogP contribution in [-0.2, 0) is 11.2 Å². The molecule has 0 spiro atoms. The number of rotatable bonds is 5. The lowest BCUT2D eigenvalue weighted by atomic mass is 9.89. The van der Waals surface area contributed by atoms with E-state index in [0.29, 0.717) is 12.5 Å². The average Bonchev–Trinajstić information content (AvgIpc) is 2.38. The molecule has 4 N–H and O–H groups in total. The molecule has 2 rings (SSSR count). The van der Waals surface area contributed by atoms with Crippen LogP contribution >= 0.6 is 0 Å². The van der Waals surface area contributed by atoms with Crippen molar-refractivity contribution >= 4 is 5.91 Å². The number of amides is 1. The molecule has 0 bridgehead atoms. The maximum Gasteiger partial charge on any atom is 0.231 e. The molecule has 1 fully saturated rings. The van der Waals surface area contributed by atoms with Crippen molar-refractivity contribution in [2.45, 2.75) is 18.9 Å². The Hall–Kier alpha value is -1.59. The van der Waals surface area contributed by atoms with Gasteiger partial charge in [-0.3, -0.25) is 9.69 Å². The first-order valence-electron chi connectivity index (χ1n) is 6.96. The summed E-state index contributed by atoms with van der Waals surface area (Å²) in [6.07, 6.45) is 1.95. The van der Waals surface area contributed by atoms with Crippen molar-refractivity contribution in [3.8, 4) is 5.75 Å². The van der Waals surface area contributed by atoms with Crippen LogP contribution in [0, 0.1) is 5.92 Å². The van der Waals surface area contributed by atoms with Gasteiger partial charge in [0, 0.05) is 19.1 Å². The summed E-state index contributed by atoms with van der Waals surface area (Å²) < 4.78 is 5.16. The summed E-state index contributed by atoms with van der Waals surface area (Å²) in [7, 11) is 1.66. The quantitative estimate of drug-likeness (QED) is 0.815. The number of piperidine rings is 1. The van der Waals surface area contributed by atoms with Crippen LogP contribution in [0.15, 0.2) is 24.3 Å². The van der Waals surface area contributed by atoms with Gasteiger partial charge in [0.05, 0.1) is 13.7 Å². The number of hydrogen-bond donors (Lipinski definition) is 2. The third-order valence-corrected chi connectivity index (χ3v) is 3.71. The molecule has 0 aliphatic carbocycles. The fourth-order valence-corrected chi connectivity index (χ4v) is 2.94. The molecular formula is C15H23N3O2. The molecular weight excluding hydrogens is 254 g/mol. The Labute approximate surface area is 119 Å². The molecule has 1 aliphatic heterocycles. The first-order chi connectivity index (χ1) is 9.56. The number of benzene rings is 1. The van der Waals surface area contributed by atoms with Crippen molar-refractivity contribution < 1.29 is 9.53 Å². The van der Waals surface area contributed by atoms with Gasteiger partial charge in [0.1, 0.15) is 5.75 Å². The molecule has 2 unspecified atom stereocenters. The fraction of sp³-hybridized carbons (Fsp3) is 0.533. The highest BCUT2D eigenvalue weighted by molar-refractivity contribution is 5.75. The smallest absolute Gasteiger partial charge is 0.231 e. The van der Waals surface area contributed by atoms with E-state index in [9.17, 15) is 4.79 Å². The summed E-state index contributed by atoms with van der Waals surface area (Å²) in [5.41, 5.74) is 12.6. The minimum Gasteiger partial charge on any atom is -0.497 e. The lowest BCUT2D eigenvalue weighted by Crippen LogP contribution is -2.49. The van der Waals surface area contributed by atoms with E-state index in [1.165, 1.54) is 5.56 Å². The standard InChI is InChI=1S/C15H23N3O2/c1-20-14-4-2-11(3-5-14)6-12-7-13(16)9-18(8-12)10-15(17)19/h2-5,12-13H,6-10,16H2,1H3,(H2,17,19). The first-order valence-corrected chi connectivity index (χ1v) is 6.96. The van der Waals surface area contributed by atoms with E-state index in [1.54, 1.807) is 7.11 Å². The van der Waals surface area contributed by atoms with Crippen LogP contribution < -0.4 is 16.2 Å². The summed E-state index contributed by atoms with van der Waals surface area (Å²) in [6.45, 7) is 1.93. The summed E-state index contributed by atoms with van der Waals surface area (Å²) in [6, 6.07) is 8.22. The van der Waals surface area contributed by atoms with Gasteiger partial charge in [-0.05, 0) is 36.5 Å². The van der Waals surface area contributed by atoms with Gasteiger partial charge in [0.2, 0.25) is 5.91 Å². The Kier molecular flexibility index (Phi) is 4.98. The van der Waals surface area contributed by atoms with Crippen molar-refractivity contribution in [1.82, 2.24) is 4.90 Å². The summed E-state index contributed by atoms with van der Waals surface area (Å²) in [5, 5.41) is 0. The highest BCUT2D eigenvalue weighted by atomic mass is 16.5. The third kappa shape index (κ3) is 4.21. The number of carbonyl (C=O) groups is 1. The SMILES string of the molecule is COc1ccc(CC2CC(N)CN(CC(N)=O)C2)cc1. The molecule has 5 nitrogen and oxygen atoms in total. The number of likely N-dealkylation sites (tertiary alicyclic amines) is 1. The van der Waals surface area contributed by atoms with Crippen LogP contribution in [0.5, 0.6) is 5.75 Å². The zero-order valence-electron chi connectivity index (χ0n) is 11.9. The van der Waals surface area contributed by atoms with Crippen LogP contribution in [0.4, 0.5) is 0 Å². The minimum absolute atomic E-state index is 0.117. The van der Waals surface area contributed by atoms with E-state index >= 15 is 0 Å². The summed E-state index contributed by atoms with van der Waals surface area (Å²) >= 11 is 0. The van der Waals surface area contributed by atoms with Gasteiger partial charge in [-0.25, -0.2) is 0 Å². The lowest BCUT2D eigenvalue weighted by molar-refractivity contribution is -0.119. The van der Waals surface area contributed by atoms with Gasteiger partial charge in [-0.2, -0.15) is 0 Å². The Morgan fingerprint density at radius 3 is 2.65 bits per heavy atom. The summed E-state index contributed by atoms with van der Waals surface area (Å²) in [4.78, 5) is 13.1. The third-order valence-electron chi connectivity index (χ3n) is 3.71. The largest absolute Gasteiger partial charge is 0.497 e. The van der Waals surface area contributed by atoms with Gasteiger partial charge >= 0.3 is 0 Å². The lowest BCUT2D eigenvalue weighted by Gasteiger charge is -2.35. The van der Waals surface area contributed by atoms with Gasteiger partial charge in [-0.15, -0.1) is 0 Å². The molecule has 1 heterocycles. The molecule has 1 aromatic carbocycles. The molecule has 2 atom stereocenters. The molecule has 1 aliphatic rings.